The molecule has 1 heterocycles. The van der Waals surface area contributed by atoms with Gasteiger partial charge in [-0.05, 0) is 0 Å². The summed E-state index contributed by atoms with van der Waals surface area (Å²) in [7, 11) is 0. The molecule has 1 N–H and O–H groups in total. The quantitative estimate of drug-likeness (QED) is 0.391. The molecule has 2 amide bonds. The van der Waals surface area contributed by atoms with Gasteiger partial charge in [-0.2, -0.15) is 0 Å². The number of rotatable bonds is 2. The van der Waals surface area contributed by atoms with Crippen molar-refractivity contribution in [3.63, 3.8) is 0 Å². The molecule has 100 valence electrons. The van der Waals surface area contributed by atoms with E-state index < -0.39 is 28.0 Å². The summed E-state index contributed by atoms with van der Waals surface area (Å²) in [6.45, 7) is 0. The molecular weight excluding hydrogens is 318 g/mol. The van der Waals surface area contributed by atoms with Crippen LogP contribution < -0.4 is 5.32 Å². The number of benzene rings is 1. The first kappa shape index (κ1) is 14.0. The third-order valence-electron chi connectivity index (χ3n) is 2.66. The first-order valence-corrected chi connectivity index (χ1v) is 6.14. The molecule has 0 saturated carbocycles. The Morgan fingerprint density at radius 2 is 1.68 bits per heavy atom. The Labute approximate surface area is 121 Å². The fraction of sp³-hybridized carbons (Fsp3) is 0.200. The third-order valence-corrected chi connectivity index (χ3v) is 3.73. The van der Waals surface area contributed by atoms with Crippen molar-refractivity contribution in [1.29, 1.82) is 0 Å². The van der Waals surface area contributed by atoms with Gasteiger partial charge < -0.3 is 0 Å². The lowest BCUT2D eigenvalue weighted by Gasteiger charge is -2.13. The van der Waals surface area contributed by atoms with E-state index in [1.165, 1.54) is 0 Å². The van der Waals surface area contributed by atoms with Gasteiger partial charge in [0, 0.05) is 17.7 Å². The second kappa shape index (κ2) is 4.96. The number of alkyl halides is 1. The Morgan fingerprint density at radius 1 is 1.16 bits per heavy atom. The zero-order valence-corrected chi connectivity index (χ0v) is 11.3. The normalized spacial score (nSPS) is 22.5. The summed E-state index contributed by atoms with van der Waals surface area (Å²) in [5.74, 6) is -2.35. The van der Waals surface area contributed by atoms with E-state index in [0.29, 0.717) is 0 Å². The number of hydrogen-bond donors (Lipinski definition) is 1. The van der Waals surface area contributed by atoms with E-state index in [9.17, 15) is 19.7 Å². The molecule has 1 fully saturated rings. The van der Waals surface area contributed by atoms with Gasteiger partial charge in [-0.1, -0.05) is 23.2 Å². The molecule has 1 saturated heterocycles. The zero-order valence-electron chi connectivity index (χ0n) is 9.02. The molecule has 0 radical (unpaired) electrons. The van der Waals surface area contributed by atoms with E-state index in [-0.39, 0.29) is 21.3 Å². The highest BCUT2D eigenvalue weighted by molar-refractivity contribution is 6.40. The summed E-state index contributed by atoms with van der Waals surface area (Å²) >= 11 is 17.6. The van der Waals surface area contributed by atoms with Crippen molar-refractivity contribution < 1.29 is 14.5 Å². The number of halogens is 3. The number of amides is 2. The largest absolute Gasteiger partial charge is 0.295 e. The van der Waals surface area contributed by atoms with Crippen molar-refractivity contribution in [1.82, 2.24) is 5.32 Å². The molecule has 0 aliphatic carbocycles. The minimum Gasteiger partial charge on any atom is -0.295 e. The minimum absolute atomic E-state index is 0.0836. The van der Waals surface area contributed by atoms with E-state index in [2.05, 4.69) is 0 Å². The molecule has 1 aromatic rings. The smallest absolute Gasteiger partial charge is 0.272 e. The second-order valence-electron chi connectivity index (χ2n) is 3.81. The van der Waals surface area contributed by atoms with Crippen molar-refractivity contribution in [3.05, 3.63) is 37.9 Å². The maximum atomic E-state index is 11.7. The highest BCUT2D eigenvalue weighted by Gasteiger charge is 2.43. The predicted molar refractivity (Wildman–Crippen MR) is 68.6 cm³/mol. The van der Waals surface area contributed by atoms with E-state index in [1.54, 1.807) is 0 Å². The van der Waals surface area contributed by atoms with Gasteiger partial charge in [-0.25, -0.2) is 0 Å². The summed E-state index contributed by atoms with van der Waals surface area (Å²) in [6, 6.07) is 2.12. The molecular formula is C10H5Cl3N2O4. The number of hydrogen-bond acceptors (Lipinski definition) is 4. The molecule has 1 aromatic carbocycles. The molecule has 1 aliphatic heterocycles. The Balaban J connectivity index is 2.55. The van der Waals surface area contributed by atoms with E-state index in [4.69, 9.17) is 34.8 Å². The predicted octanol–water partition coefficient (Wildman–Crippen LogP) is 2.25. The SMILES string of the molecule is O=C1NC(=O)C(c2c(Cl)cc([N+](=O)[O-])cc2Cl)C1Cl. The van der Waals surface area contributed by atoms with Crippen LogP contribution in [0.15, 0.2) is 12.1 Å². The average Bonchev–Trinajstić information content (AvgIpc) is 2.54. The summed E-state index contributed by atoms with van der Waals surface area (Å²) in [6.07, 6.45) is 0. The van der Waals surface area contributed by atoms with Crippen LogP contribution >= 0.6 is 34.8 Å². The number of nitrogens with one attached hydrogen (secondary N) is 1. The monoisotopic (exact) mass is 322 g/mol. The summed E-state index contributed by atoms with van der Waals surface area (Å²) < 4.78 is 0. The molecule has 9 heteroatoms. The van der Waals surface area contributed by atoms with Crippen LogP contribution in [0.3, 0.4) is 0 Å². The van der Waals surface area contributed by atoms with Crippen LogP contribution in [-0.2, 0) is 9.59 Å². The van der Waals surface area contributed by atoms with Gasteiger partial charge in [0.25, 0.3) is 5.69 Å². The van der Waals surface area contributed by atoms with E-state index in [0.717, 1.165) is 12.1 Å². The molecule has 0 spiro atoms. The van der Waals surface area contributed by atoms with Crippen LogP contribution in [0, 0.1) is 10.1 Å². The molecule has 2 atom stereocenters. The van der Waals surface area contributed by atoms with Crippen LogP contribution in [0.5, 0.6) is 0 Å². The second-order valence-corrected chi connectivity index (χ2v) is 5.10. The molecule has 2 rings (SSSR count). The number of nitro groups is 1. The van der Waals surface area contributed by atoms with Crippen LogP contribution in [0.4, 0.5) is 5.69 Å². The molecule has 2 unspecified atom stereocenters. The van der Waals surface area contributed by atoms with Crippen molar-refractivity contribution in [2.24, 2.45) is 0 Å². The maximum absolute atomic E-state index is 11.7. The minimum atomic E-state index is -1.15. The molecule has 0 aromatic heterocycles. The highest BCUT2D eigenvalue weighted by Crippen LogP contribution is 2.40. The maximum Gasteiger partial charge on any atom is 0.272 e. The fourth-order valence-electron chi connectivity index (χ4n) is 1.80. The lowest BCUT2D eigenvalue weighted by Crippen LogP contribution is -2.22. The van der Waals surface area contributed by atoms with Gasteiger partial charge in [-0.15, -0.1) is 11.6 Å². The zero-order chi connectivity index (χ0) is 14.3. The van der Waals surface area contributed by atoms with Gasteiger partial charge in [0.1, 0.15) is 5.38 Å². The summed E-state index contributed by atoms with van der Waals surface area (Å²) in [5.41, 5.74) is -0.202. The van der Waals surface area contributed by atoms with Crippen LogP contribution in [0.1, 0.15) is 11.5 Å². The Morgan fingerprint density at radius 3 is 2.05 bits per heavy atom. The first-order valence-electron chi connectivity index (χ1n) is 4.95. The van der Waals surface area contributed by atoms with Gasteiger partial charge in [0.15, 0.2) is 0 Å². The van der Waals surface area contributed by atoms with Crippen molar-refractivity contribution >= 4 is 52.3 Å². The van der Waals surface area contributed by atoms with Crippen molar-refractivity contribution in [2.45, 2.75) is 11.3 Å². The highest BCUT2D eigenvalue weighted by atomic mass is 35.5. The topological polar surface area (TPSA) is 89.3 Å². The number of imide groups is 1. The van der Waals surface area contributed by atoms with E-state index in [1.807, 2.05) is 5.32 Å². The Kier molecular flexibility index (Phi) is 3.66. The Bertz CT molecular complexity index is 581. The van der Waals surface area contributed by atoms with Crippen molar-refractivity contribution in [3.8, 4) is 0 Å². The van der Waals surface area contributed by atoms with Crippen LogP contribution in [0.25, 0.3) is 0 Å². The first-order chi connectivity index (χ1) is 8.82. The summed E-state index contributed by atoms with van der Waals surface area (Å²) in [5, 5.41) is 11.4. The number of carbonyl (C=O) groups excluding carboxylic acids is 2. The Hall–Kier alpha value is -1.37. The third kappa shape index (κ3) is 2.39. The van der Waals surface area contributed by atoms with Gasteiger partial charge >= 0.3 is 0 Å². The molecule has 1 aliphatic rings. The van der Waals surface area contributed by atoms with Crippen LogP contribution in [-0.4, -0.2) is 22.1 Å². The average molecular weight is 324 g/mol. The molecule has 6 nitrogen and oxygen atoms in total. The van der Waals surface area contributed by atoms with Crippen molar-refractivity contribution in [2.75, 3.05) is 0 Å². The molecule has 19 heavy (non-hydrogen) atoms. The van der Waals surface area contributed by atoms with Gasteiger partial charge in [-0.3, -0.25) is 25.0 Å². The van der Waals surface area contributed by atoms with E-state index >= 15 is 0 Å². The standard InChI is InChI=1S/C10H5Cl3N2O4/c11-4-1-3(15(18)19)2-5(12)6(4)7-8(13)10(17)14-9(7)16/h1-2,7-8H,(H,14,16,17). The number of nitro benzene ring substituents is 1. The summed E-state index contributed by atoms with van der Waals surface area (Å²) in [4.78, 5) is 32.9. The lowest BCUT2D eigenvalue weighted by atomic mass is 9.96. The number of carbonyl (C=O) groups is 2. The van der Waals surface area contributed by atoms with Crippen LogP contribution in [0.2, 0.25) is 10.0 Å². The molecule has 0 bridgehead atoms. The van der Waals surface area contributed by atoms with Gasteiger partial charge in [0.05, 0.1) is 20.9 Å². The fourth-order valence-corrected chi connectivity index (χ4v) is 2.81. The number of non-ortho nitro benzene ring substituents is 1. The lowest BCUT2D eigenvalue weighted by molar-refractivity contribution is -0.384. The number of nitrogens with zero attached hydrogens (tertiary/aromatic N) is 1. The van der Waals surface area contributed by atoms with Gasteiger partial charge in [0.2, 0.25) is 11.8 Å².